The Morgan fingerprint density at radius 3 is 2.66 bits per heavy atom. The average molecular weight is 391 g/mol. The van der Waals surface area contributed by atoms with Crippen LogP contribution in [-0.2, 0) is 0 Å². The average Bonchev–Trinajstić information content (AvgIpc) is 3.23. The van der Waals surface area contributed by atoms with E-state index in [1.54, 1.807) is 44.7 Å². The molecule has 0 saturated heterocycles. The summed E-state index contributed by atoms with van der Waals surface area (Å²) in [4.78, 5) is 18.8. The number of amidine groups is 1. The first-order valence-corrected chi connectivity index (χ1v) is 9.00. The molecule has 0 radical (unpaired) electrons. The van der Waals surface area contributed by atoms with Gasteiger partial charge in [0.05, 0.1) is 24.5 Å². The zero-order valence-electron chi connectivity index (χ0n) is 16.0. The van der Waals surface area contributed by atoms with Crippen LogP contribution in [0.25, 0.3) is 0 Å². The molecule has 8 nitrogen and oxygen atoms in total. The molecule has 4 rings (SSSR count). The second-order valence-electron chi connectivity index (χ2n) is 6.51. The Bertz CT molecular complexity index is 1090. The largest absolute Gasteiger partial charge is 0.497 e. The molecule has 1 atom stereocenters. The number of carbonyl (C=O) groups is 1. The molecule has 0 aliphatic carbocycles. The van der Waals surface area contributed by atoms with Crippen LogP contribution in [0.2, 0.25) is 0 Å². The molecule has 0 spiro atoms. The standard InChI is InChI=1S/C21H21N5O3/c1-24-20(27)16-11-12(3-8-17(16)22)19-25-21-15(9-10-29-21)18(23)26(19)13-4-6-14(28-2)7-5-13/h3-11,18H,22-23H2,1-2H3,(H,24,27). The van der Waals surface area contributed by atoms with Crippen molar-refractivity contribution in [2.45, 2.75) is 6.17 Å². The number of hydrogen-bond acceptors (Lipinski definition) is 7. The number of nitrogens with two attached hydrogens (primary N) is 2. The lowest BCUT2D eigenvalue weighted by Crippen LogP contribution is -2.42. The summed E-state index contributed by atoms with van der Waals surface area (Å²) in [5, 5.41) is 2.60. The fourth-order valence-corrected chi connectivity index (χ4v) is 3.30. The van der Waals surface area contributed by atoms with Crippen molar-refractivity contribution in [3.63, 3.8) is 0 Å². The van der Waals surface area contributed by atoms with Crippen molar-refractivity contribution < 1.29 is 13.9 Å². The van der Waals surface area contributed by atoms with Gasteiger partial charge in [0.2, 0.25) is 5.88 Å². The minimum Gasteiger partial charge on any atom is -0.497 e. The van der Waals surface area contributed by atoms with Crippen LogP contribution in [0.4, 0.5) is 17.3 Å². The summed E-state index contributed by atoms with van der Waals surface area (Å²) in [7, 11) is 3.17. The van der Waals surface area contributed by atoms with Gasteiger partial charge in [-0.05, 0) is 48.5 Å². The van der Waals surface area contributed by atoms with E-state index in [0.29, 0.717) is 28.5 Å². The summed E-state index contributed by atoms with van der Waals surface area (Å²) in [6.45, 7) is 0. The highest BCUT2D eigenvalue weighted by molar-refractivity contribution is 6.14. The third-order valence-electron chi connectivity index (χ3n) is 4.84. The molecule has 29 heavy (non-hydrogen) atoms. The Morgan fingerprint density at radius 2 is 1.97 bits per heavy atom. The predicted octanol–water partition coefficient (Wildman–Crippen LogP) is 2.79. The van der Waals surface area contributed by atoms with Crippen LogP contribution < -0.4 is 26.4 Å². The van der Waals surface area contributed by atoms with Gasteiger partial charge in [-0.15, -0.1) is 0 Å². The van der Waals surface area contributed by atoms with Crippen LogP contribution in [0.15, 0.2) is 64.2 Å². The maximum atomic E-state index is 12.2. The van der Waals surface area contributed by atoms with Crippen molar-refractivity contribution in [1.82, 2.24) is 5.32 Å². The van der Waals surface area contributed by atoms with Crippen molar-refractivity contribution in [3.8, 4) is 5.75 Å². The van der Waals surface area contributed by atoms with Crippen molar-refractivity contribution in [2.75, 3.05) is 24.8 Å². The zero-order chi connectivity index (χ0) is 20.5. The monoisotopic (exact) mass is 391 g/mol. The predicted molar refractivity (Wildman–Crippen MR) is 112 cm³/mol. The molecule has 0 fully saturated rings. The van der Waals surface area contributed by atoms with E-state index in [4.69, 9.17) is 20.6 Å². The Labute approximate surface area is 167 Å². The Kier molecular flexibility index (Phi) is 4.69. The van der Waals surface area contributed by atoms with Crippen LogP contribution in [0.3, 0.4) is 0 Å². The van der Waals surface area contributed by atoms with E-state index in [1.165, 1.54) is 0 Å². The van der Waals surface area contributed by atoms with E-state index < -0.39 is 6.17 Å². The van der Waals surface area contributed by atoms with Crippen LogP contribution in [0.1, 0.15) is 27.7 Å². The van der Waals surface area contributed by atoms with Gasteiger partial charge in [0.15, 0.2) is 0 Å². The quantitative estimate of drug-likeness (QED) is 0.589. The number of methoxy groups -OCH3 is 1. The number of nitrogens with one attached hydrogen (secondary N) is 1. The molecular weight excluding hydrogens is 370 g/mol. The summed E-state index contributed by atoms with van der Waals surface area (Å²) < 4.78 is 10.8. The van der Waals surface area contributed by atoms with Gasteiger partial charge in [0, 0.05) is 24.0 Å². The van der Waals surface area contributed by atoms with Crippen LogP contribution >= 0.6 is 0 Å². The van der Waals surface area contributed by atoms with Gasteiger partial charge in [-0.25, -0.2) is 0 Å². The maximum absolute atomic E-state index is 12.2. The van der Waals surface area contributed by atoms with E-state index in [0.717, 1.165) is 17.0 Å². The molecule has 1 amide bonds. The summed E-state index contributed by atoms with van der Waals surface area (Å²) in [5.74, 6) is 1.45. The van der Waals surface area contributed by atoms with Crippen LogP contribution in [0, 0.1) is 0 Å². The lowest BCUT2D eigenvalue weighted by atomic mass is 10.0. The Morgan fingerprint density at radius 1 is 1.21 bits per heavy atom. The SMILES string of the molecule is CNC(=O)c1cc(C2=Nc3occc3C(N)N2c2ccc(OC)cc2)ccc1N. The van der Waals surface area contributed by atoms with E-state index in [-0.39, 0.29) is 5.91 Å². The zero-order valence-corrected chi connectivity index (χ0v) is 16.0. The molecular formula is C21H21N5O3. The molecule has 1 aromatic heterocycles. The molecule has 0 saturated carbocycles. The second-order valence-corrected chi connectivity index (χ2v) is 6.51. The van der Waals surface area contributed by atoms with E-state index in [9.17, 15) is 4.79 Å². The Hall–Kier alpha value is -3.78. The first-order valence-electron chi connectivity index (χ1n) is 9.00. The van der Waals surface area contributed by atoms with Gasteiger partial charge < -0.3 is 30.8 Å². The van der Waals surface area contributed by atoms with Gasteiger partial charge in [-0.1, -0.05) is 0 Å². The third-order valence-corrected chi connectivity index (χ3v) is 4.84. The molecule has 1 unspecified atom stereocenters. The molecule has 3 aromatic rings. The number of fused-ring (bicyclic) bond motifs is 1. The molecule has 1 aliphatic rings. The molecule has 2 aromatic carbocycles. The van der Waals surface area contributed by atoms with Crippen molar-refractivity contribution in [1.29, 1.82) is 0 Å². The van der Waals surface area contributed by atoms with Crippen LogP contribution in [0.5, 0.6) is 5.75 Å². The number of rotatable bonds is 4. The minimum atomic E-state index is -0.523. The number of nitrogens with zero attached hydrogens (tertiary/aromatic N) is 2. The van der Waals surface area contributed by atoms with Gasteiger partial charge in [-0.3, -0.25) is 4.79 Å². The summed E-state index contributed by atoms with van der Waals surface area (Å²) >= 11 is 0. The number of furan rings is 1. The van der Waals surface area contributed by atoms with Crippen molar-refractivity contribution in [2.24, 2.45) is 10.7 Å². The highest BCUT2D eigenvalue weighted by Crippen LogP contribution is 2.38. The first-order chi connectivity index (χ1) is 14.0. The lowest BCUT2D eigenvalue weighted by Gasteiger charge is -2.34. The molecule has 1 aliphatic heterocycles. The molecule has 5 N–H and O–H groups in total. The van der Waals surface area contributed by atoms with Crippen molar-refractivity contribution in [3.05, 3.63) is 71.5 Å². The number of carbonyl (C=O) groups excluding carboxylic acids is 1. The van der Waals surface area contributed by atoms with E-state index >= 15 is 0 Å². The number of amides is 1. The van der Waals surface area contributed by atoms with Gasteiger partial charge in [0.25, 0.3) is 5.91 Å². The van der Waals surface area contributed by atoms with Crippen molar-refractivity contribution >= 4 is 29.0 Å². The smallest absolute Gasteiger partial charge is 0.253 e. The lowest BCUT2D eigenvalue weighted by molar-refractivity contribution is 0.0964. The van der Waals surface area contributed by atoms with Crippen LogP contribution in [-0.4, -0.2) is 25.9 Å². The minimum absolute atomic E-state index is 0.278. The van der Waals surface area contributed by atoms with E-state index in [1.807, 2.05) is 29.2 Å². The number of hydrogen-bond donors (Lipinski definition) is 3. The van der Waals surface area contributed by atoms with Gasteiger partial charge in [0.1, 0.15) is 17.8 Å². The topological polar surface area (TPSA) is 119 Å². The fraction of sp³-hybridized carbons (Fsp3) is 0.143. The summed E-state index contributed by atoms with van der Waals surface area (Å²) in [6.07, 6.45) is 1.04. The number of ether oxygens (including phenoxy) is 1. The Balaban J connectivity index is 1.87. The molecule has 2 heterocycles. The molecule has 0 bridgehead atoms. The third kappa shape index (κ3) is 3.19. The molecule has 8 heteroatoms. The van der Waals surface area contributed by atoms with E-state index in [2.05, 4.69) is 10.3 Å². The van der Waals surface area contributed by atoms with Gasteiger partial charge in [-0.2, -0.15) is 4.99 Å². The number of nitrogen functional groups attached to an aromatic ring is 1. The first kappa shape index (κ1) is 18.6. The molecule has 148 valence electrons. The fourth-order valence-electron chi connectivity index (χ4n) is 3.30. The number of benzene rings is 2. The maximum Gasteiger partial charge on any atom is 0.253 e. The second kappa shape index (κ2) is 7.33. The normalized spacial score (nSPS) is 15.5. The highest BCUT2D eigenvalue weighted by Gasteiger charge is 2.31. The van der Waals surface area contributed by atoms with Gasteiger partial charge >= 0.3 is 0 Å². The summed E-state index contributed by atoms with van der Waals surface area (Å²) in [6, 6.07) is 14.5. The number of aliphatic imine (C=N–C) groups is 1. The summed E-state index contributed by atoms with van der Waals surface area (Å²) in [5.41, 5.74) is 15.6. The highest BCUT2D eigenvalue weighted by atomic mass is 16.5. The number of anilines is 2.